The van der Waals surface area contributed by atoms with E-state index in [1.54, 1.807) is 0 Å². The van der Waals surface area contributed by atoms with Gasteiger partial charge < -0.3 is 9.80 Å². The van der Waals surface area contributed by atoms with Crippen LogP contribution in [0.2, 0.25) is 0 Å². The molecule has 0 bridgehead atoms. The van der Waals surface area contributed by atoms with Crippen LogP contribution < -0.4 is 0 Å². The Kier molecular flexibility index (Phi) is 4.62. The molecule has 0 radical (unpaired) electrons. The summed E-state index contributed by atoms with van der Waals surface area (Å²) in [4.78, 5) is 16.8. The average Bonchev–Trinajstić information content (AvgIpc) is 3.18. The Hall–Kier alpha value is -1.56. The topological polar surface area (TPSA) is 23.6 Å². The van der Waals surface area contributed by atoms with Crippen molar-refractivity contribution in [1.82, 2.24) is 9.80 Å². The van der Waals surface area contributed by atoms with E-state index < -0.39 is 11.7 Å². The molecule has 2 aliphatic heterocycles. The van der Waals surface area contributed by atoms with Crippen molar-refractivity contribution in [2.24, 2.45) is 0 Å². The lowest BCUT2D eigenvalue weighted by Crippen LogP contribution is -2.42. The van der Waals surface area contributed by atoms with Gasteiger partial charge in [-0.15, -0.1) is 0 Å². The molecule has 3 nitrogen and oxygen atoms in total. The van der Waals surface area contributed by atoms with Crippen LogP contribution in [0.1, 0.15) is 41.6 Å². The third-order valence-corrected chi connectivity index (χ3v) is 4.76. The Bertz CT molecular complexity index is 550. The standard InChI is InChI=1S/C17H21F3N2O/c18-17(19,20)14-7-5-13(6-8-14)16(23)22-11-3-4-15(22)12-21-9-1-2-10-21/h5-8,15H,1-4,9-12H2/t15-/m0/s1. The van der Waals surface area contributed by atoms with Crippen LogP contribution in [0.4, 0.5) is 13.2 Å². The summed E-state index contributed by atoms with van der Waals surface area (Å²) in [7, 11) is 0. The maximum absolute atomic E-state index is 12.6. The lowest BCUT2D eigenvalue weighted by molar-refractivity contribution is -0.137. The van der Waals surface area contributed by atoms with Crippen molar-refractivity contribution in [3.05, 3.63) is 35.4 Å². The van der Waals surface area contributed by atoms with Gasteiger partial charge in [-0.25, -0.2) is 0 Å². The zero-order valence-corrected chi connectivity index (χ0v) is 13.0. The number of hydrogen-bond acceptors (Lipinski definition) is 2. The number of rotatable bonds is 3. The van der Waals surface area contributed by atoms with Gasteiger partial charge in [0.15, 0.2) is 0 Å². The number of carbonyl (C=O) groups is 1. The summed E-state index contributed by atoms with van der Waals surface area (Å²) in [5.41, 5.74) is -0.379. The SMILES string of the molecule is O=C(c1ccc(C(F)(F)F)cc1)N1CCC[C@H]1CN1CCCC1. The molecule has 6 heteroatoms. The lowest BCUT2D eigenvalue weighted by atomic mass is 10.1. The first-order chi connectivity index (χ1) is 10.9. The minimum absolute atomic E-state index is 0.152. The van der Waals surface area contributed by atoms with E-state index in [-0.39, 0.29) is 11.9 Å². The third-order valence-electron chi connectivity index (χ3n) is 4.76. The summed E-state index contributed by atoms with van der Waals surface area (Å²) >= 11 is 0. The van der Waals surface area contributed by atoms with Crippen LogP contribution >= 0.6 is 0 Å². The number of alkyl halides is 3. The summed E-state index contributed by atoms with van der Waals surface area (Å²) in [6, 6.07) is 4.73. The molecular weight excluding hydrogens is 305 g/mol. The van der Waals surface area contributed by atoms with E-state index in [1.807, 2.05) is 4.90 Å². The molecule has 0 aromatic heterocycles. The lowest BCUT2D eigenvalue weighted by Gasteiger charge is -2.28. The van der Waals surface area contributed by atoms with Gasteiger partial charge in [-0.05, 0) is 63.0 Å². The van der Waals surface area contributed by atoms with Crippen molar-refractivity contribution < 1.29 is 18.0 Å². The zero-order chi connectivity index (χ0) is 16.4. The Morgan fingerprint density at radius 1 is 1.04 bits per heavy atom. The quantitative estimate of drug-likeness (QED) is 0.850. The molecule has 0 unspecified atom stereocenters. The van der Waals surface area contributed by atoms with E-state index in [0.29, 0.717) is 12.1 Å². The second-order valence-corrected chi connectivity index (χ2v) is 6.38. The molecule has 0 N–H and O–H groups in total. The van der Waals surface area contributed by atoms with Crippen molar-refractivity contribution in [2.75, 3.05) is 26.2 Å². The molecule has 126 valence electrons. The van der Waals surface area contributed by atoms with E-state index >= 15 is 0 Å². The minimum Gasteiger partial charge on any atom is -0.334 e. The summed E-state index contributed by atoms with van der Waals surface area (Å²) in [5, 5.41) is 0. The molecule has 2 heterocycles. The third kappa shape index (κ3) is 3.68. The molecule has 23 heavy (non-hydrogen) atoms. The van der Waals surface area contributed by atoms with E-state index in [2.05, 4.69) is 4.90 Å². The number of carbonyl (C=O) groups excluding carboxylic acids is 1. The van der Waals surface area contributed by atoms with Gasteiger partial charge in [0.2, 0.25) is 0 Å². The molecule has 1 amide bonds. The maximum atomic E-state index is 12.6. The highest BCUT2D eigenvalue weighted by Crippen LogP contribution is 2.30. The first-order valence-corrected chi connectivity index (χ1v) is 8.16. The molecule has 2 saturated heterocycles. The Morgan fingerprint density at radius 2 is 1.70 bits per heavy atom. The highest BCUT2D eigenvalue weighted by atomic mass is 19.4. The van der Waals surface area contributed by atoms with Crippen LogP contribution in [-0.2, 0) is 6.18 Å². The molecule has 1 atom stereocenters. The molecule has 1 aromatic carbocycles. The molecule has 1 aromatic rings. The number of benzene rings is 1. The van der Waals surface area contributed by atoms with Crippen molar-refractivity contribution in [3.63, 3.8) is 0 Å². The van der Waals surface area contributed by atoms with Gasteiger partial charge in [-0.1, -0.05) is 0 Å². The number of halogens is 3. The van der Waals surface area contributed by atoms with Crippen molar-refractivity contribution in [3.8, 4) is 0 Å². The van der Waals surface area contributed by atoms with Gasteiger partial charge in [-0.2, -0.15) is 13.2 Å². The smallest absolute Gasteiger partial charge is 0.334 e. The minimum atomic E-state index is -4.37. The fourth-order valence-corrected chi connectivity index (χ4v) is 3.52. The summed E-state index contributed by atoms with van der Waals surface area (Å²) < 4.78 is 37.8. The first kappa shape index (κ1) is 16.3. The van der Waals surface area contributed by atoms with E-state index in [1.165, 1.54) is 25.0 Å². The van der Waals surface area contributed by atoms with Crippen LogP contribution in [0.3, 0.4) is 0 Å². The van der Waals surface area contributed by atoms with Gasteiger partial charge in [0.25, 0.3) is 5.91 Å². The second kappa shape index (κ2) is 6.51. The molecule has 0 aliphatic carbocycles. The van der Waals surface area contributed by atoms with Crippen molar-refractivity contribution in [2.45, 2.75) is 37.9 Å². The molecule has 0 spiro atoms. The van der Waals surface area contributed by atoms with Crippen LogP contribution in [0.15, 0.2) is 24.3 Å². The summed E-state index contributed by atoms with van der Waals surface area (Å²) in [5.74, 6) is -0.152. The van der Waals surface area contributed by atoms with Gasteiger partial charge in [0, 0.05) is 24.7 Å². The molecule has 3 rings (SSSR count). The number of hydrogen-bond donors (Lipinski definition) is 0. The van der Waals surface area contributed by atoms with Crippen LogP contribution in [0.5, 0.6) is 0 Å². The van der Waals surface area contributed by atoms with E-state index in [4.69, 9.17) is 0 Å². The normalized spacial score (nSPS) is 22.7. The predicted octanol–water partition coefficient (Wildman–Crippen LogP) is 3.41. The summed E-state index contributed by atoms with van der Waals surface area (Å²) in [6.45, 7) is 3.74. The predicted molar refractivity (Wildman–Crippen MR) is 81.2 cm³/mol. The maximum Gasteiger partial charge on any atom is 0.416 e. The molecule has 2 aliphatic rings. The Balaban J connectivity index is 1.68. The van der Waals surface area contributed by atoms with Crippen LogP contribution in [0, 0.1) is 0 Å². The Morgan fingerprint density at radius 3 is 2.30 bits per heavy atom. The number of amides is 1. The van der Waals surface area contributed by atoms with Crippen LogP contribution in [0.25, 0.3) is 0 Å². The molecule has 0 saturated carbocycles. The van der Waals surface area contributed by atoms with Gasteiger partial charge >= 0.3 is 6.18 Å². The van der Waals surface area contributed by atoms with Gasteiger partial charge in [0.05, 0.1) is 5.56 Å². The summed E-state index contributed by atoms with van der Waals surface area (Å²) in [6.07, 6.45) is -0.0135. The largest absolute Gasteiger partial charge is 0.416 e. The van der Waals surface area contributed by atoms with Crippen molar-refractivity contribution in [1.29, 1.82) is 0 Å². The van der Waals surface area contributed by atoms with Crippen LogP contribution in [-0.4, -0.2) is 47.9 Å². The first-order valence-electron chi connectivity index (χ1n) is 8.16. The second-order valence-electron chi connectivity index (χ2n) is 6.38. The highest BCUT2D eigenvalue weighted by Gasteiger charge is 2.33. The van der Waals surface area contributed by atoms with Gasteiger partial charge in [-0.3, -0.25) is 4.79 Å². The highest BCUT2D eigenvalue weighted by molar-refractivity contribution is 5.94. The van der Waals surface area contributed by atoms with E-state index in [9.17, 15) is 18.0 Å². The molecule has 2 fully saturated rings. The monoisotopic (exact) mass is 326 g/mol. The fraction of sp³-hybridized carbons (Fsp3) is 0.588. The average molecular weight is 326 g/mol. The van der Waals surface area contributed by atoms with E-state index in [0.717, 1.165) is 44.6 Å². The molecular formula is C17H21F3N2O. The fourth-order valence-electron chi connectivity index (χ4n) is 3.52. The zero-order valence-electron chi connectivity index (χ0n) is 13.0. The van der Waals surface area contributed by atoms with Gasteiger partial charge in [0.1, 0.15) is 0 Å². The Labute approximate surface area is 134 Å². The number of likely N-dealkylation sites (tertiary alicyclic amines) is 2. The number of nitrogens with zero attached hydrogens (tertiary/aromatic N) is 2. The van der Waals surface area contributed by atoms with Crippen molar-refractivity contribution >= 4 is 5.91 Å².